The van der Waals surface area contributed by atoms with Gasteiger partial charge in [-0.05, 0) is 108 Å². The van der Waals surface area contributed by atoms with Crippen LogP contribution in [-0.4, -0.2) is 70.6 Å². The molecule has 1 aliphatic rings. The van der Waals surface area contributed by atoms with Crippen molar-refractivity contribution < 1.29 is 54.9 Å². The van der Waals surface area contributed by atoms with Crippen molar-refractivity contribution in [1.29, 1.82) is 0 Å². The number of alkyl halides is 6. The average molecular weight is 875 g/mol. The van der Waals surface area contributed by atoms with E-state index in [9.17, 15) is 35.9 Å². The minimum Gasteiger partial charge on any atom is -0.493 e. The van der Waals surface area contributed by atoms with E-state index >= 15 is 0 Å². The van der Waals surface area contributed by atoms with Gasteiger partial charge in [0.05, 0.1) is 48.9 Å². The van der Waals surface area contributed by atoms with Crippen LogP contribution in [0.1, 0.15) is 75.3 Å². The maximum Gasteiger partial charge on any atom is 0.420 e. The van der Waals surface area contributed by atoms with Gasteiger partial charge in [-0.25, -0.2) is 9.59 Å². The molecule has 0 bridgehead atoms. The van der Waals surface area contributed by atoms with Crippen LogP contribution in [0.3, 0.4) is 0 Å². The SMILES string of the molecule is NCCCCOc1cc(OCCCCN)c(C(F)(F)F)cc1NC(=O)NC1=CC=C(NC(=O)Nc2cc(C(F)(F)F)c(OCCCCN=C(N)N)cc2OCCCCN)CC1. The van der Waals surface area contributed by atoms with E-state index < -0.39 is 47.0 Å². The van der Waals surface area contributed by atoms with Gasteiger partial charge in [-0.3, -0.25) is 4.99 Å². The van der Waals surface area contributed by atoms with E-state index in [0.29, 0.717) is 82.4 Å². The number of halogens is 6. The molecule has 2 aromatic carbocycles. The highest BCUT2D eigenvalue weighted by molar-refractivity contribution is 5.93. The number of hydrogen-bond acceptors (Lipinski definition) is 10. The lowest BCUT2D eigenvalue weighted by atomic mass is 10.1. The van der Waals surface area contributed by atoms with Crippen LogP contribution >= 0.6 is 0 Å². The number of nitrogens with one attached hydrogen (secondary N) is 4. The van der Waals surface area contributed by atoms with Crippen molar-refractivity contribution in [3.05, 3.63) is 58.9 Å². The molecule has 0 spiro atoms. The second-order valence-electron chi connectivity index (χ2n) is 13.6. The summed E-state index contributed by atoms with van der Waals surface area (Å²) >= 11 is 0. The second kappa shape index (κ2) is 25.2. The van der Waals surface area contributed by atoms with E-state index in [1.807, 2.05) is 0 Å². The number of hydrogen-bond donors (Lipinski definition) is 9. The van der Waals surface area contributed by atoms with Gasteiger partial charge in [0.25, 0.3) is 0 Å². The molecular formula is C39H56F6N10O6. The van der Waals surface area contributed by atoms with E-state index in [0.717, 1.165) is 24.3 Å². The summed E-state index contributed by atoms with van der Waals surface area (Å²) in [7, 11) is 0. The number of amides is 4. The fourth-order valence-electron chi connectivity index (χ4n) is 5.57. The molecule has 0 unspecified atom stereocenters. The first-order valence-corrected chi connectivity index (χ1v) is 19.8. The molecule has 0 saturated carbocycles. The third-order valence-electron chi connectivity index (χ3n) is 8.64. The van der Waals surface area contributed by atoms with Crippen molar-refractivity contribution in [3.63, 3.8) is 0 Å². The summed E-state index contributed by atoms with van der Waals surface area (Å²) < 4.78 is 107. The first kappa shape index (κ1) is 49.8. The molecule has 0 aliphatic heterocycles. The second-order valence-corrected chi connectivity index (χ2v) is 13.6. The molecule has 3 rings (SSSR count). The summed E-state index contributed by atoms with van der Waals surface area (Å²) in [5.41, 5.74) is 25.1. The van der Waals surface area contributed by atoms with Crippen molar-refractivity contribution in [1.82, 2.24) is 10.6 Å². The Kier molecular flexibility index (Phi) is 20.6. The van der Waals surface area contributed by atoms with Gasteiger partial charge >= 0.3 is 24.4 Å². The highest BCUT2D eigenvalue weighted by atomic mass is 19.4. The summed E-state index contributed by atoms with van der Waals surface area (Å²) in [5, 5.41) is 10.00. The molecule has 340 valence electrons. The van der Waals surface area contributed by atoms with E-state index in [-0.39, 0.29) is 74.6 Å². The fourth-order valence-corrected chi connectivity index (χ4v) is 5.57. The number of ether oxygens (including phenoxy) is 4. The van der Waals surface area contributed by atoms with Crippen LogP contribution in [0, 0.1) is 0 Å². The molecule has 0 atom stereocenters. The Labute approximate surface area is 350 Å². The average Bonchev–Trinajstić information content (AvgIpc) is 3.19. The minimum atomic E-state index is -4.85. The molecule has 0 heterocycles. The zero-order valence-corrected chi connectivity index (χ0v) is 33.7. The number of nitrogens with zero attached hydrogens (tertiary/aromatic N) is 1. The molecule has 16 nitrogen and oxygen atoms in total. The van der Waals surface area contributed by atoms with Crippen LogP contribution in [-0.2, 0) is 12.4 Å². The molecule has 0 radical (unpaired) electrons. The number of carbonyl (C=O) groups excluding carboxylic acids is 2. The third-order valence-corrected chi connectivity index (χ3v) is 8.64. The maximum absolute atomic E-state index is 14.2. The zero-order chi connectivity index (χ0) is 44.8. The highest BCUT2D eigenvalue weighted by Gasteiger charge is 2.37. The minimum absolute atomic E-state index is 0.0158. The Balaban J connectivity index is 1.75. The van der Waals surface area contributed by atoms with Crippen LogP contribution in [0.25, 0.3) is 0 Å². The van der Waals surface area contributed by atoms with Gasteiger partial charge in [0.2, 0.25) is 0 Å². The fraction of sp³-hybridized carbons (Fsp3) is 0.513. The number of urea groups is 2. The van der Waals surface area contributed by atoms with Gasteiger partial charge in [-0.2, -0.15) is 26.3 Å². The Bertz CT molecular complexity index is 1820. The highest BCUT2D eigenvalue weighted by Crippen LogP contribution is 2.44. The summed E-state index contributed by atoms with van der Waals surface area (Å²) in [5.74, 6) is -1.18. The summed E-state index contributed by atoms with van der Waals surface area (Å²) in [4.78, 5) is 30.0. The summed E-state index contributed by atoms with van der Waals surface area (Å²) in [6.45, 7) is 1.49. The number of benzene rings is 2. The smallest absolute Gasteiger partial charge is 0.420 e. The lowest BCUT2D eigenvalue weighted by Crippen LogP contribution is -2.32. The number of allylic oxidation sites excluding steroid dienone is 4. The summed E-state index contributed by atoms with van der Waals surface area (Å²) in [6, 6.07) is 1.85. The van der Waals surface area contributed by atoms with E-state index in [1.54, 1.807) is 0 Å². The molecule has 2 aromatic rings. The van der Waals surface area contributed by atoms with E-state index in [1.165, 1.54) is 12.2 Å². The van der Waals surface area contributed by atoms with Crippen LogP contribution in [0.15, 0.2) is 52.8 Å². The van der Waals surface area contributed by atoms with Crippen molar-refractivity contribution >= 4 is 29.4 Å². The predicted octanol–water partition coefficient (Wildman–Crippen LogP) is 6.01. The van der Waals surface area contributed by atoms with Crippen molar-refractivity contribution in [2.24, 2.45) is 33.7 Å². The number of aliphatic imine (C=N–C) groups is 1. The zero-order valence-electron chi connectivity index (χ0n) is 33.7. The molecule has 0 aromatic heterocycles. The summed E-state index contributed by atoms with van der Waals surface area (Å²) in [6.07, 6.45) is -2.46. The molecule has 4 amide bonds. The number of unbranched alkanes of at least 4 members (excludes halogenated alkanes) is 4. The number of rotatable bonds is 25. The Hall–Kier alpha value is -5.61. The van der Waals surface area contributed by atoms with Crippen LogP contribution in [0.2, 0.25) is 0 Å². The van der Waals surface area contributed by atoms with Gasteiger partial charge in [0, 0.05) is 30.1 Å². The molecular weight excluding hydrogens is 818 g/mol. The van der Waals surface area contributed by atoms with Gasteiger partial charge in [-0.15, -0.1) is 0 Å². The van der Waals surface area contributed by atoms with Crippen LogP contribution < -0.4 is 68.9 Å². The van der Waals surface area contributed by atoms with E-state index in [2.05, 4.69) is 26.3 Å². The number of nitrogens with two attached hydrogens (primary N) is 5. The lowest BCUT2D eigenvalue weighted by Gasteiger charge is -2.21. The molecule has 61 heavy (non-hydrogen) atoms. The quantitative estimate of drug-likeness (QED) is 0.0241. The normalized spacial score (nSPS) is 12.7. The number of carbonyl (C=O) groups is 2. The predicted molar refractivity (Wildman–Crippen MR) is 219 cm³/mol. The molecule has 0 saturated heterocycles. The Morgan fingerprint density at radius 2 is 0.902 bits per heavy atom. The monoisotopic (exact) mass is 874 g/mol. The molecule has 0 fully saturated rings. The first-order valence-electron chi connectivity index (χ1n) is 19.8. The first-order chi connectivity index (χ1) is 29.0. The van der Waals surface area contributed by atoms with Crippen molar-refractivity contribution in [2.75, 3.05) is 63.2 Å². The van der Waals surface area contributed by atoms with Gasteiger partial charge in [0.1, 0.15) is 23.0 Å². The van der Waals surface area contributed by atoms with E-state index in [4.69, 9.17) is 47.6 Å². The molecule has 1 aliphatic carbocycles. The standard InChI is InChI=1S/C39H56F6N10O6/c40-38(41,42)27-21-29(33(60-18-6-2-14-47)23-31(27)58-17-5-1-13-46)54-36(56)52-25-9-11-26(12-10-25)53-37(57)55-30-22-28(39(43,44)45)32(24-34(30)61-19-7-3-15-48)59-20-8-4-16-51-35(49)50/h9,11,21-24H,1-8,10,12-20,46-48H2,(H4,49,50,51)(H2,52,54,56)(H2,53,55,57). The van der Waals surface area contributed by atoms with Gasteiger partial charge < -0.3 is 68.9 Å². The lowest BCUT2D eigenvalue weighted by molar-refractivity contribution is -0.139. The van der Waals surface area contributed by atoms with Crippen molar-refractivity contribution in [2.45, 2.75) is 76.6 Å². The molecule has 22 heteroatoms. The Morgan fingerprint density at radius 1 is 0.541 bits per heavy atom. The topological polar surface area (TPSA) is 262 Å². The third kappa shape index (κ3) is 17.9. The molecule has 14 N–H and O–H groups in total. The van der Waals surface area contributed by atoms with Crippen LogP contribution in [0.5, 0.6) is 23.0 Å². The largest absolute Gasteiger partial charge is 0.493 e. The van der Waals surface area contributed by atoms with Crippen LogP contribution in [0.4, 0.5) is 47.3 Å². The van der Waals surface area contributed by atoms with Gasteiger partial charge in [-0.1, -0.05) is 0 Å². The van der Waals surface area contributed by atoms with Gasteiger partial charge in [0.15, 0.2) is 5.96 Å². The number of anilines is 2. The number of guanidine groups is 1. The Morgan fingerprint density at radius 3 is 1.23 bits per heavy atom. The van der Waals surface area contributed by atoms with Crippen molar-refractivity contribution in [3.8, 4) is 23.0 Å². The maximum atomic E-state index is 14.2.